The van der Waals surface area contributed by atoms with Crippen LogP contribution in [0.1, 0.15) is 26.3 Å². The molecule has 4 nitrogen and oxygen atoms in total. The van der Waals surface area contributed by atoms with E-state index in [2.05, 4.69) is 0 Å². The van der Waals surface area contributed by atoms with Crippen LogP contribution < -0.4 is 0 Å². The number of carboxylic acid groups (broad SMARTS) is 1. The summed E-state index contributed by atoms with van der Waals surface area (Å²) >= 11 is 0. The van der Waals surface area contributed by atoms with Crippen LogP contribution in [0.25, 0.3) is 0 Å². The fourth-order valence-corrected chi connectivity index (χ4v) is 1.89. The summed E-state index contributed by atoms with van der Waals surface area (Å²) in [7, 11) is 0. The van der Waals surface area contributed by atoms with Crippen LogP contribution in [0.5, 0.6) is 0 Å². The third kappa shape index (κ3) is 2.30. The van der Waals surface area contributed by atoms with Gasteiger partial charge in [0.2, 0.25) is 6.41 Å². The molecule has 0 heterocycles. The van der Waals surface area contributed by atoms with Gasteiger partial charge in [-0.15, -0.1) is 0 Å². The maximum absolute atomic E-state index is 11.5. The summed E-state index contributed by atoms with van der Waals surface area (Å²) in [5, 5.41) is 9.44. The van der Waals surface area contributed by atoms with Crippen LogP contribution in [0.4, 0.5) is 0 Å². The van der Waals surface area contributed by atoms with Crippen molar-refractivity contribution in [3.8, 4) is 0 Å². The molecule has 17 heavy (non-hydrogen) atoms. The number of hydrogen-bond donors (Lipinski definition) is 1. The molecule has 0 aliphatic rings. The number of hydrogen-bond acceptors (Lipinski definition) is 2. The molecule has 1 unspecified atom stereocenters. The molecule has 0 saturated heterocycles. The van der Waals surface area contributed by atoms with Crippen LogP contribution in [0.2, 0.25) is 0 Å². The van der Waals surface area contributed by atoms with E-state index in [-0.39, 0.29) is 6.04 Å². The number of nitrogens with zero attached hydrogens (tertiary/aromatic N) is 1. The third-order valence-electron chi connectivity index (χ3n) is 2.94. The molecule has 0 aromatic heterocycles. The largest absolute Gasteiger partial charge is 0.479 e. The van der Waals surface area contributed by atoms with Crippen LogP contribution in [-0.2, 0) is 15.1 Å². The average Bonchev–Trinajstić information content (AvgIpc) is 2.30. The van der Waals surface area contributed by atoms with E-state index in [0.29, 0.717) is 12.0 Å². The summed E-state index contributed by atoms with van der Waals surface area (Å²) in [5.41, 5.74) is -0.745. The molecule has 1 amide bonds. The standard InChI is InChI=1S/C13H17NO3/c1-10(2)14(9-15)13(3,12(16)17)11-7-5-4-6-8-11/h4-10H,1-3H3,(H,16,17). The van der Waals surface area contributed by atoms with Gasteiger partial charge in [-0.2, -0.15) is 0 Å². The van der Waals surface area contributed by atoms with Gasteiger partial charge in [0.1, 0.15) is 0 Å². The molecule has 0 fully saturated rings. The molecule has 0 aliphatic heterocycles. The summed E-state index contributed by atoms with van der Waals surface area (Å²) < 4.78 is 0. The molecular weight excluding hydrogens is 218 g/mol. The first-order valence-electron chi connectivity index (χ1n) is 5.47. The Morgan fingerprint density at radius 3 is 2.24 bits per heavy atom. The molecule has 0 saturated carbocycles. The van der Waals surface area contributed by atoms with Crippen LogP contribution in [0, 0.1) is 0 Å². The van der Waals surface area contributed by atoms with Gasteiger partial charge in [0, 0.05) is 6.04 Å². The van der Waals surface area contributed by atoms with E-state index in [1.54, 1.807) is 45.0 Å². The third-order valence-corrected chi connectivity index (χ3v) is 2.94. The Morgan fingerprint density at radius 1 is 1.35 bits per heavy atom. The first kappa shape index (κ1) is 13.2. The summed E-state index contributed by atoms with van der Waals surface area (Å²) in [6, 6.07) is 8.58. The van der Waals surface area contributed by atoms with Gasteiger partial charge in [-0.05, 0) is 26.3 Å². The average molecular weight is 235 g/mol. The van der Waals surface area contributed by atoms with Crippen LogP contribution in [0.3, 0.4) is 0 Å². The van der Waals surface area contributed by atoms with E-state index in [4.69, 9.17) is 0 Å². The number of amides is 1. The predicted molar refractivity (Wildman–Crippen MR) is 64.5 cm³/mol. The first-order valence-corrected chi connectivity index (χ1v) is 5.47. The zero-order valence-corrected chi connectivity index (χ0v) is 10.3. The Morgan fingerprint density at radius 2 is 1.88 bits per heavy atom. The zero-order chi connectivity index (χ0) is 13.1. The molecule has 0 bridgehead atoms. The lowest BCUT2D eigenvalue weighted by Crippen LogP contribution is -2.52. The SMILES string of the molecule is CC(C)N(C=O)C(C)(C(=O)O)c1ccccc1. The lowest BCUT2D eigenvalue weighted by atomic mass is 9.89. The van der Waals surface area contributed by atoms with Crippen LogP contribution in [0.15, 0.2) is 30.3 Å². The van der Waals surface area contributed by atoms with Gasteiger partial charge in [-0.3, -0.25) is 4.79 Å². The van der Waals surface area contributed by atoms with Gasteiger partial charge in [0.15, 0.2) is 5.54 Å². The number of carboxylic acids is 1. The van der Waals surface area contributed by atoms with E-state index >= 15 is 0 Å². The van der Waals surface area contributed by atoms with Gasteiger partial charge in [0.05, 0.1) is 0 Å². The molecule has 0 aliphatic carbocycles. The lowest BCUT2D eigenvalue weighted by Gasteiger charge is -2.38. The highest BCUT2D eigenvalue weighted by atomic mass is 16.4. The van der Waals surface area contributed by atoms with Gasteiger partial charge in [-0.25, -0.2) is 4.79 Å². The molecule has 1 rings (SSSR count). The molecule has 1 aromatic carbocycles. The summed E-state index contributed by atoms with van der Waals surface area (Å²) in [6.45, 7) is 5.12. The minimum Gasteiger partial charge on any atom is -0.479 e. The van der Waals surface area contributed by atoms with Crippen molar-refractivity contribution in [3.05, 3.63) is 35.9 Å². The normalized spacial score (nSPS) is 14.1. The highest BCUT2D eigenvalue weighted by Crippen LogP contribution is 2.29. The number of benzene rings is 1. The van der Waals surface area contributed by atoms with Gasteiger partial charge >= 0.3 is 5.97 Å². The van der Waals surface area contributed by atoms with E-state index in [9.17, 15) is 14.7 Å². The number of aliphatic carboxylic acids is 1. The molecule has 0 spiro atoms. The Hall–Kier alpha value is -1.84. The molecule has 1 aromatic rings. The zero-order valence-electron chi connectivity index (χ0n) is 10.3. The second-order valence-electron chi connectivity index (χ2n) is 4.35. The van der Waals surface area contributed by atoms with Gasteiger partial charge in [0.25, 0.3) is 0 Å². The topological polar surface area (TPSA) is 57.6 Å². The van der Waals surface area contributed by atoms with Crippen LogP contribution >= 0.6 is 0 Å². The van der Waals surface area contributed by atoms with Gasteiger partial charge in [-0.1, -0.05) is 30.3 Å². The van der Waals surface area contributed by atoms with Crippen molar-refractivity contribution in [1.29, 1.82) is 0 Å². The highest BCUT2D eigenvalue weighted by molar-refractivity contribution is 5.83. The number of carbonyl (C=O) groups is 2. The van der Waals surface area contributed by atoms with Crippen molar-refractivity contribution in [2.75, 3.05) is 0 Å². The first-order chi connectivity index (χ1) is 7.94. The molecule has 1 N–H and O–H groups in total. The number of carbonyl (C=O) groups excluding carboxylic acids is 1. The van der Waals surface area contributed by atoms with Crippen molar-refractivity contribution >= 4 is 12.4 Å². The summed E-state index contributed by atoms with van der Waals surface area (Å²) in [5.74, 6) is -1.04. The lowest BCUT2D eigenvalue weighted by molar-refractivity contribution is -0.156. The van der Waals surface area contributed by atoms with Crippen molar-refractivity contribution in [1.82, 2.24) is 4.90 Å². The smallest absolute Gasteiger partial charge is 0.334 e. The number of rotatable bonds is 5. The fraction of sp³-hybridized carbons (Fsp3) is 0.385. The fourth-order valence-electron chi connectivity index (χ4n) is 1.89. The quantitative estimate of drug-likeness (QED) is 0.792. The Labute approximate surface area is 101 Å². The molecule has 92 valence electrons. The second kappa shape index (κ2) is 4.99. The van der Waals surface area contributed by atoms with Gasteiger partial charge < -0.3 is 10.0 Å². The van der Waals surface area contributed by atoms with Crippen LogP contribution in [-0.4, -0.2) is 28.4 Å². The summed E-state index contributed by atoms with van der Waals surface area (Å²) in [4.78, 5) is 24.0. The minimum absolute atomic E-state index is 0.186. The van der Waals surface area contributed by atoms with E-state index in [1.165, 1.54) is 4.90 Å². The Balaban J connectivity index is 3.32. The monoisotopic (exact) mass is 235 g/mol. The van der Waals surface area contributed by atoms with E-state index in [1.807, 2.05) is 6.07 Å². The van der Waals surface area contributed by atoms with Crippen molar-refractivity contribution < 1.29 is 14.7 Å². The van der Waals surface area contributed by atoms with Crippen molar-refractivity contribution in [3.63, 3.8) is 0 Å². The maximum Gasteiger partial charge on any atom is 0.334 e. The summed E-state index contributed by atoms with van der Waals surface area (Å²) in [6.07, 6.45) is 0.589. The van der Waals surface area contributed by atoms with E-state index < -0.39 is 11.5 Å². The minimum atomic E-state index is -1.34. The highest BCUT2D eigenvalue weighted by Gasteiger charge is 2.42. The molecular formula is C13H17NO3. The molecule has 0 radical (unpaired) electrons. The Bertz CT molecular complexity index is 402. The van der Waals surface area contributed by atoms with E-state index in [0.717, 1.165) is 0 Å². The molecule has 4 heteroatoms. The maximum atomic E-state index is 11.5. The molecule has 1 atom stereocenters. The second-order valence-corrected chi connectivity index (χ2v) is 4.35. The predicted octanol–water partition coefficient (Wildman–Crippen LogP) is 1.85. The van der Waals surface area contributed by atoms with Crippen molar-refractivity contribution in [2.45, 2.75) is 32.4 Å². The Kier molecular flexibility index (Phi) is 3.89. The van der Waals surface area contributed by atoms with Crippen molar-refractivity contribution in [2.24, 2.45) is 0 Å².